The highest BCUT2D eigenvalue weighted by atomic mass is 35.5. The van der Waals surface area contributed by atoms with E-state index in [1.165, 1.54) is 0 Å². The van der Waals surface area contributed by atoms with Gasteiger partial charge in [0, 0.05) is 12.6 Å². The Labute approximate surface area is 93.1 Å². The second kappa shape index (κ2) is 4.81. The lowest BCUT2D eigenvalue weighted by Gasteiger charge is -2.34. The predicted molar refractivity (Wildman–Crippen MR) is 55.9 cm³/mol. The average Bonchev–Trinajstić information content (AvgIpc) is 2.62. The maximum atomic E-state index is 5.55. The summed E-state index contributed by atoms with van der Waals surface area (Å²) in [4.78, 5) is 0. The number of nitrogens with one attached hydrogen (secondary N) is 1. The molecule has 0 saturated heterocycles. The molecular weight excluding hydrogens is 218 g/mol. The van der Waals surface area contributed by atoms with Crippen molar-refractivity contribution in [1.29, 1.82) is 0 Å². The van der Waals surface area contributed by atoms with E-state index in [1.54, 1.807) is 0 Å². The molecule has 2 rings (SSSR count). The van der Waals surface area contributed by atoms with Gasteiger partial charge < -0.3 is 14.5 Å². The molecule has 1 saturated carbocycles. The molecule has 0 radical (unpaired) electrons. The molecule has 1 heterocycles. The highest BCUT2D eigenvalue weighted by Gasteiger charge is 2.30. The van der Waals surface area contributed by atoms with Crippen LogP contribution in [0.4, 0.5) is 6.01 Å². The third-order valence-electron chi connectivity index (χ3n) is 2.41. The monoisotopic (exact) mass is 231 g/mol. The Morgan fingerprint density at radius 1 is 1.53 bits per heavy atom. The molecular formula is C9H14ClN3O2. The second-order valence-corrected chi connectivity index (χ2v) is 3.79. The molecule has 1 aliphatic carbocycles. The first-order valence-corrected chi connectivity index (χ1v) is 5.61. The van der Waals surface area contributed by atoms with Crippen molar-refractivity contribution in [3.05, 3.63) is 5.89 Å². The SMILES string of the molecule is CCOC1CC(Nc2nnc(CCl)o2)C1. The minimum absolute atomic E-state index is 0.251. The number of rotatable bonds is 5. The minimum Gasteiger partial charge on any atom is -0.407 e. The highest BCUT2D eigenvalue weighted by molar-refractivity contribution is 6.16. The van der Waals surface area contributed by atoms with E-state index >= 15 is 0 Å². The molecule has 15 heavy (non-hydrogen) atoms. The first kappa shape index (κ1) is 10.7. The highest BCUT2D eigenvalue weighted by Crippen LogP contribution is 2.26. The fraction of sp³-hybridized carbons (Fsp3) is 0.778. The maximum absolute atomic E-state index is 5.55. The number of ether oxygens (including phenoxy) is 1. The third-order valence-corrected chi connectivity index (χ3v) is 2.63. The van der Waals surface area contributed by atoms with Gasteiger partial charge in [-0.3, -0.25) is 0 Å². The van der Waals surface area contributed by atoms with Gasteiger partial charge in [0.05, 0.1) is 6.10 Å². The molecule has 0 atom stereocenters. The molecule has 0 aliphatic heterocycles. The molecule has 1 aliphatic rings. The number of alkyl halides is 1. The second-order valence-electron chi connectivity index (χ2n) is 3.52. The van der Waals surface area contributed by atoms with Crippen LogP contribution in [-0.4, -0.2) is 29.0 Å². The van der Waals surface area contributed by atoms with Crippen LogP contribution in [-0.2, 0) is 10.6 Å². The van der Waals surface area contributed by atoms with E-state index in [0.717, 1.165) is 19.4 Å². The quantitative estimate of drug-likeness (QED) is 0.783. The van der Waals surface area contributed by atoms with E-state index < -0.39 is 0 Å². The molecule has 0 spiro atoms. The number of halogens is 1. The van der Waals surface area contributed by atoms with Gasteiger partial charge in [-0.15, -0.1) is 16.7 Å². The van der Waals surface area contributed by atoms with Gasteiger partial charge in [-0.05, 0) is 19.8 Å². The normalized spacial score (nSPS) is 24.9. The molecule has 1 aromatic rings. The summed E-state index contributed by atoms with van der Waals surface area (Å²) in [5.74, 6) is 0.695. The molecule has 0 unspecified atom stereocenters. The average molecular weight is 232 g/mol. The molecule has 0 aromatic carbocycles. The largest absolute Gasteiger partial charge is 0.407 e. The van der Waals surface area contributed by atoms with E-state index in [4.69, 9.17) is 20.8 Å². The summed E-state index contributed by atoms with van der Waals surface area (Å²) < 4.78 is 10.7. The van der Waals surface area contributed by atoms with Gasteiger partial charge in [0.1, 0.15) is 5.88 Å². The van der Waals surface area contributed by atoms with Crippen LogP contribution in [0.5, 0.6) is 0 Å². The van der Waals surface area contributed by atoms with Gasteiger partial charge in [0.15, 0.2) is 0 Å². The summed E-state index contributed by atoms with van der Waals surface area (Å²) in [6.07, 6.45) is 2.36. The fourth-order valence-electron chi connectivity index (χ4n) is 1.60. The zero-order valence-electron chi connectivity index (χ0n) is 8.57. The lowest BCUT2D eigenvalue weighted by molar-refractivity contribution is 0.00256. The summed E-state index contributed by atoms with van der Waals surface area (Å²) in [5.41, 5.74) is 0. The molecule has 0 amide bonds. The summed E-state index contributed by atoms with van der Waals surface area (Å²) in [7, 11) is 0. The van der Waals surface area contributed by atoms with E-state index in [-0.39, 0.29) is 5.88 Å². The van der Waals surface area contributed by atoms with E-state index in [2.05, 4.69) is 15.5 Å². The van der Waals surface area contributed by atoms with Crippen molar-refractivity contribution in [2.24, 2.45) is 0 Å². The van der Waals surface area contributed by atoms with Crippen molar-refractivity contribution in [2.75, 3.05) is 11.9 Å². The lowest BCUT2D eigenvalue weighted by Crippen LogP contribution is -2.40. The molecule has 84 valence electrons. The van der Waals surface area contributed by atoms with Gasteiger partial charge in [0.2, 0.25) is 5.89 Å². The zero-order chi connectivity index (χ0) is 10.7. The number of aromatic nitrogens is 2. The molecule has 1 N–H and O–H groups in total. The Hall–Kier alpha value is -0.810. The number of hydrogen-bond acceptors (Lipinski definition) is 5. The van der Waals surface area contributed by atoms with Crippen LogP contribution in [0.15, 0.2) is 4.42 Å². The first-order valence-electron chi connectivity index (χ1n) is 5.08. The van der Waals surface area contributed by atoms with Gasteiger partial charge in [-0.2, -0.15) is 0 Å². The fourth-order valence-corrected chi connectivity index (χ4v) is 1.70. The molecule has 5 nitrogen and oxygen atoms in total. The van der Waals surface area contributed by atoms with Crippen LogP contribution >= 0.6 is 11.6 Å². The third kappa shape index (κ3) is 2.60. The summed E-state index contributed by atoms with van der Waals surface area (Å²) in [6.45, 7) is 2.78. The number of hydrogen-bond donors (Lipinski definition) is 1. The van der Waals surface area contributed by atoms with E-state index in [0.29, 0.717) is 24.1 Å². The Morgan fingerprint density at radius 2 is 2.33 bits per heavy atom. The van der Waals surface area contributed by atoms with E-state index in [9.17, 15) is 0 Å². The van der Waals surface area contributed by atoms with Crippen molar-refractivity contribution >= 4 is 17.6 Å². The van der Waals surface area contributed by atoms with Crippen LogP contribution in [0.2, 0.25) is 0 Å². The summed E-state index contributed by atoms with van der Waals surface area (Å²) >= 11 is 5.55. The Balaban J connectivity index is 1.75. The molecule has 1 aromatic heterocycles. The Kier molecular flexibility index (Phi) is 3.43. The standard InChI is InChI=1S/C9H14ClN3O2/c1-2-14-7-3-6(4-7)11-9-13-12-8(5-10)15-9/h6-7H,2-5H2,1H3,(H,11,13). The Morgan fingerprint density at radius 3 is 2.93 bits per heavy atom. The molecule has 6 heteroatoms. The van der Waals surface area contributed by atoms with Gasteiger partial charge in [-0.25, -0.2) is 0 Å². The van der Waals surface area contributed by atoms with Gasteiger partial charge in [-0.1, -0.05) is 5.10 Å². The lowest BCUT2D eigenvalue weighted by atomic mass is 9.89. The van der Waals surface area contributed by atoms with Crippen molar-refractivity contribution < 1.29 is 9.15 Å². The van der Waals surface area contributed by atoms with Crippen LogP contribution in [0, 0.1) is 0 Å². The smallest absolute Gasteiger partial charge is 0.315 e. The van der Waals surface area contributed by atoms with Gasteiger partial charge >= 0.3 is 6.01 Å². The van der Waals surface area contributed by atoms with Crippen molar-refractivity contribution in [3.63, 3.8) is 0 Å². The van der Waals surface area contributed by atoms with Gasteiger partial charge in [0.25, 0.3) is 0 Å². The minimum atomic E-state index is 0.251. The number of nitrogens with zero attached hydrogens (tertiary/aromatic N) is 2. The first-order chi connectivity index (χ1) is 7.31. The zero-order valence-corrected chi connectivity index (χ0v) is 9.33. The maximum Gasteiger partial charge on any atom is 0.315 e. The van der Waals surface area contributed by atoms with Crippen LogP contribution in [0.1, 0.15) is 25.7 Å². The number of anilines is 1. The predicted octanol–water partition coefficient (Wildman–Crippen LogP) is 1.79. The molecule has 0 bridgehead atoms. The molecule has 1 fully saturated rings. The van der Waals surface area contributed by atoms with Crippen molar-refractivity contribution in [3.8, 4) is 0 Å². The van der Waals surface area contributed by atoms with Crippen molar-refractivity contribution in [2.45, 2.75) is 37.8 Å². The van der Waals surface area contributed by atoms with E-state index in [1.807, 2.05) is 6.92 Å². The van der Waals surface area contributed by atoms with Crippen LogP contribution < -0.4 is 5.32 Å². The van der Waals surface area contributed by atoms with Crippen LogP contribution in [0.25, 0.3) is 0 Å². The van der Waals surface area contributed by atoms with Crippen molar-refractivity contribution in [1.82, 2.24) is 10.2 Å². The summed E-state index contributed by atoms with van der Waals surface area (Å²) in [5, 5.41) is 10.7. The topological polar surface area (TPSA) is 60.2 Å². The summed E-state index contributed by atoms with van der Waals surface area (Å²) in [6, 6.07) is 0.829. The Bertz CT molecular complexity index is 312. The van der Waals surface area contributed by atoms with Crippen LogP contribution in [0.3, 0.4) is 0 Å².